The zero-order chi connectivity index (χ0) is 13.3. The van der Waals surface area contributed by atoms with E-state index in [4.69, 9.17) is 9.79 Å². The van der Waals surface area contributed by atoms with E-state index >= 15 is 0 Å². The van der Waals surface area contributed by atoms with Gasteiger partial charge in [0.15, 0.2) is 0 Å². The number of hydrogen-bond acceptors (Lipinski definition) is 2. The van der Waals surface area contributed by atoms with Crippen LogP contribution >= 0.6 is 7.82 Å². The number of rotatable bonds is 9. The highest BCUT2D eigenvalue weighted by molar-refractivity contribution is 7.46. The second kappa shape index (κ2) is 8.87. The molecular formula is C12H25O4P. The number of phosphoric acid groups is 1. The van der Waals surface area contributed by atoms with Gasteiger partial charge in [-0.15, -0.1) is 0 Å². The van der Waals surface area contributed by atoms with Gasteiger partial charge in [-0.25, -0.2) is 4.57 Å². The molecule has 2 N–H and O–H groups in total. The van der Waals surface area contributed by atoms with E-state index in [0.717, 1.165) is 12.3 Å². The number of hydrogen-bond donors (Lipinski definition) is 2. The Morgan fingerprint density at radius 2 is 1.82 bits per heavy atom. The summed E-state index contributed by atoms with van der Waals surface area (Å²) in [6.07, 6.45) is 8.22. The van der Waals surface area contributed by atoms with Crippen LogP contribution in [0.25, 0.3) is 0 Å². The molecule has 0 saturated heterocycles. The van der Waals surface area contributed by atoms with Gasteiger partial charge < -0.3 is 9.79 Å². The molecule has 0 amide bonds. The lowest BCUT2D eigenvalue weighted by Crippen LogP contribution is -1.95. The van der Waals surface area contributed by atoms with Gasteiger partial charge in [-0.2, -0.15) is 0 Å². The number of phosphoric ester groups is 1. The van der Waals surface area contributed by atoms with Gasteiger partial charge in [0.25, 0.3) is 0 Å². The van der Waals surface area contributed by atoms with Gasteiger partial charge >= 0.3 is 7.82 Å². The Labute approximate surface area is 104 Å². The van der Waals surface area contributed by atoms with E-state index in [-0.39, 0.29) is 6.61 Å². The zero-order valence-electron chi connectivity index (χ0n) is 11.0. The van der Waals surface area contributed by atoms with Crippen LogP contribution in [0.4, 0.5) is 0 Å². The minimum atomic E-state index is -4.31. The van der Waals surface area contributed by atoms with E-state index in [9.17, 15) is 4.57 Å². The maximum atomic E-state index is 10.4. The van der Waals surface area contributed by atoms with Gasteiger partial charge in [0, 0.05) is 0 Å². The Morgan fingerprint density at radius 1 is 1.18 bits per heavy atom. The highest BCUT2D eigenvalue weighted by Gasteiger charge is 2.11. The summed E-state index contributed by atoms with van der Waals surface area (Å²) in [7, 11) is -4.31. The molecule has 4 nitrogen and oxygen atoms in total. The minimum Gasteiger partial charge on any atom is -0.303 e. The fourth-order valence-electron chi connectivity index (χ4n) is 1.53. The molecule has 5 heteroatoms. The SMILES string of the molecule is CC(C)CCCC(C)CC=CCOP(=O)(O)O. The Balaban J connectivity index is 3.52. The van der Waals surface area contributed by atoms with Crippen LogP contribution < -0.4 is 0 Å². The van der Waals surface area contributed by atoms with Crippen LogP contribution in [0.5, 0.6) is 0 Å². The summed E-state index contributed by atoms with van der Waals surface area (Å²) in [6.45, 7) is 6.62. The lowest BCUT2D eigenvalue weighted by Gasteiger charge is -2.09. The zero-order valence-corrected chi connectivity index (χ0v) is 11.9. The van der Waals surface area contributed by atoms with Crippen LogP contribution in [0, 0.1) is 11.8 Å². The predicted molar refractivity (Wildman–Crippen MR) is 69.6 cm³/mol. The summed E-state index contributed by atoms with van der Waals surface area (Å²) in [5, 5.41) is 0. The standard InChI is InChI=1S/C12H25O4P/c1-11(2)7-6-9-12(3)8-4-5-10-16-17(13,14)15/h4-5,11-12H,6-10H2,1-3H3,(H2,13,14,15). The van der Waals surface area contributed by atoms with Crippen molar-refractivity contribution in [1.29, 1.82) is 0 Å². The molecule has 0 radical (unpaired) electrons. The monoisotopic (exact) mass is 264 g/mol. The number of allylic oxidation sites excluding steroid dienone is 1. The van der Waals surface area contributed by atoms with E-state index in [1.54, 1.807) is 6.08 Å². The largest absolute Gasteiger partial charge is 0.469 e. The highest BCUT2D eigenvalue weighted by Crippen LogP contribution is 2.35. The Kier molecular flexibility index (Phi) is 8.79. The van der Waals surface area contributed by atoms with E-state index in [2.05, 4.69) is 25.3 Å². The van der Waals surface area contributed by atoms with Gasteiger partial charge in [-0.1, -0.05) is 52.2 Å². The van der Waals surface area contributed by atoms with Crippen LogP contribution in [-0.2, 0) is 9.09 Å². The predicted octanol–water partition coefficient (Wildman–Crippen LogP) is 3.50. The molecule has 0 aromatic heterocycles. The molecule has 0 aromatic carbocycles. The van der Waals surface area contributed by atoms with Crippen molar-refractivity contribution in [2.24, 2.45) is 11.8 Å². The van der Waals surface area contributed by atoms with Crippen molar-refractivity contribution in [2.45, 2.75) is 46.5 Å². The molecule has 0 aliphatic rings. The molecule has 0 rings (SSSR count). The van der Waals surface area contributed by atoms with Crippen molar-refractivity contribution in [1.82, 2.24) is 0 Å². The lowest BCUT2D eigenvalue weighted by atomic mass is 9.97. The van der Waals surface area contributed by atoms with Gasteiger partial charge in [-0.05, 0) is 18.3 Å². The lowest BCUT2D eigenvalue weighted by molar-refractivity contribution is 0.215. The third kappa shape index (κ3) is 13.8. The highest BCUT2D eigenvalue weighted by atomic mass is 31.2. The minimum absolute atomic E-state index is 0.0248. The Bertz CT molecular complexity index is 257. The fraction of sp³-hybridized carbons (Fsp3) is 0.833. The van der Waals surface area contributed by atoms with Crippen molar-refractivity contribution in [3.63, 3.8) is 0 Å². The molecule has 0 fully saturated rings. The Hall–Kier alpha value is -0.150. The molecule has 17 heavy (non-hydrogen) atoms. The van der Waals surface area contributed by atoms with E-state index in [0.29, 0.717) is 5.92 Å². The molecule has 0 spiro atoms. The first-order valence-electron chi connectivity index (χ1n) is 6.16. The summed E-state index contributed by atoms with van der Waals surface area (Å²) in [4.78, 5) is 16.9. The maximum absolute atomic E-state index is 10.4. The molecule has 1 unspecified atom stereocenters. The molecule has 0 aliphatic carbocycles. The van der Waals surface area contributed by atoms with E-state index in [1.807, 2.05) is 6.08 Å². The van der Waals surface area contributed by atoms with Crippen molar-refractivity contribution in [2.75, 3.05) is 6.61 Å². The average Bonchev–Trinajstić information content (AvgIpc) is 2.14. The van der Waals surface area contributed by atoms with Gasteiger partial charge in [0.1, 0.15) is 0 Å². The molecule has 102 valence electrons. The summed E-state index contributed by atoms with van der Waals surface area (Å²) in [5.41, 5.74) is 0. The van der Waals surface area contributed by atoms with Crippen molar-refractivity contribution < 1.29 is 18.9 Å². The smallest absolute Gasteiger partial charge is 0.303 e. The summed E-state index contributed by atoms with van der Waals surface area (Å²) >= 11 is 0. The first-order chi connectivity index (χ1) is 7.81. The van der Waals surface area contributed by atoms with Crippen molar-refractivity contribution >= 4 is 7.82 Å². The van der Waals surface area contributed by atoms with Crippen LogP contribution in [0.2, 0.25) is 0 Å². The summed E-state index contributed by atoms with van der Waals surface area (Å²) in [5.74, 6) is 1.37. The third-order valence-corrected chi connectivity index (χ3v) is 3.01. The first-order valence-corrected chi connectivity index (χ1v) is 7.69. The molecule has 0 heterocycles. The van der Waals surface area contributed by atoms with Gasteiger partial charge in [0.05, 0.1) is 6.61 Å². The van der Waals surface area contributed by atoms with E-state index < -0.39 is 7.82 Å². The summed E-state index contributed by atoms with van der Waals surface area (Å²) < 4.78 is 14.7. The first kappa shape index (κ1) is 16.9. The summed E-state index contributed by atoms with van der Waals surface area (Å²) in [6, 6.07) is 0. The topological polar surface area (TPSA) is 66.8 Å². The van der Waals surface area contributed by atoms with Crippen LogP contribution in [0.15, 0.2) is 12.2 Å². The van der Waals surface area contributed by atoms with Crippen molar-refractivity contribution in [3.05, 3.63) is 12.2 Å². The van der Waals surface area contributed by atoms with E-state index in [1.165, 1.54) is 19.3 Å². The average molecular weight is 264 g/mol. The Morgan fingerprint density at radius 3 is 2.35 bits per heavy atom. The quantitative estimate of drug-likeness (QED) is 0.494. The normalized spacial score (nSPS) is 14.7. The molecule has 0 bridgehead atoms. The maximum Gasteiger partial charge on any atom is 0.469 e. The van der Waals surface area contributed by atoms with Crippen LogP contribution in [-0.4, -0.2) is 16.4 Å². The van der Waals surface area contributed by atoms with Gasteiger partial charge in [-0.3, -0.25) is 4.52 Å². The molecular weight excluding hydrogens is 239 g/mol. The molecule has 0 saturated carbocycles. The van der Waals surface area contributed by atoms with Crippen LogP contribution in [0.1, 0.15) is 46.5 Å². The fourth-order valence-corrected chi connectivity index (χ4v) is 1.81. The molecule has 1 atom stereocenters. The molecule has 0 aliphatic heterocycles. The second-order valence-corrected chi connectivity index (χ2v) is 6.16. The third-order valence-electron chi connectivity index (χ3n) is 2.52. The van der Waals surface area contributed by atoms with Crippen molar-refractivity contribution in [3.8, 4) is 0 Å². The van der Waals surface area contributed by atoms with Gasteiger partial charge in [0.2, 0.25) is 0 Å². The molecule has 0 aromatic rings. The van der Waals surface area contributed by atoms with Crippen LogP contribution in [0.3, 0.4) is 0 Å². The second-order valence-electron chi connectivity index (χ2n) is 4.92.